The van der Waals surface area contributed by atoms with E-state index in [0.717, 1.165) is 35.8 Å². The van der Waals surface area contributed by atoms with Crippen molar-refractivity contribution in [3.8, 4) is 5.75 Å². The number of halogens is 1. The Morgan fingerprint density at radius 3 is 2.95 bits per heavy atom. The van der Waals surface area contributed by atoms with Gasteiger partial charge >= 0.3 is 0 Å². The van der Waals surface area contributed by atoms with Crippen LogP contribution in [0.3, 0.4) is 0 Å². The third kappa shape index (κ3) is 2.90. The Kier molecular flexibility index (Phi) is 3.83. The van der Waals surface area contributed by atoms with E-state index in [-0.39, 0.29) is 11.5 Å². The van der Waals surface area contributed by atoms with Gasteiger partial charge in [-0.1, -0.05) is 12.1 Å². The number of nitrogens with two attached hydrogens (primary N) is 1. The normalized spacial score (nSPS) is 13.1. The van der Waals surface area contributed by atoms with Crippen LogP contribution in [0.25, 0.3) is 0 Å². The van der Waals surface area contributed by atoms with Crippen molar-refractivity contribution >= 4 is 17.4 Å². The maximum Gasteiger partial charge on any atom is 0.147 e. The standard InChI is InChI=1S/C16H16FNOS/c17-14-10-13(2-3-15(14)18)20-8-6-11-1-4-16-12(9-11)5-7-19-16/h1-4,9-10H,5-8,18H2. The van der Waals surface area contributed by atoms with Crippen LogP contribution in [0, 0.1) is 5.82 Å². The van der Waals surface area contributed by atoms with E-state index in [1.54, 1.807) is 17.8 Å². The highest BCUT2D eigenvalue weighted by atomic mass is 32.2. The lowest BCUT2D eigenvalue weighted by Gasteiger charge is -2.05. The van der Waals surface area contributed by atoms with E-state index in [9.17, 15) is 4.39 Å². The van der Waals surface area contributed by atoms with Gasteiger partial charge in [0.2, 0.25) is 0 Å². The van der Waals surface area contributed by atoms with Gasteiger partial charge in [0.15, 0.2) is 0 Å². The topological polar surface area (TPSA) is 35.2 Å². The average molecular weight is 289 g/mol. The number of benzene rings is 2. The van der Waals surface area contributed by atoms with Crippen LogP contribution in [-0.4, -0.2) is 12.4 Å². The van der Waals surface area contributed by atoms with E-state index in [2.05, 4.69) is 12.1 Å². The van der Waals surface area contributed by atoms with Crippen molar-refractivity contribution in [2.75, 3.05) is 18.1 Å². The Morgan fingerprint density at radius 2 is 2.10 bits per heavy atom. The van der Waals surface area contributed by atoms with E-state index in [0.29, 0.717) is 0 Å². The lowest BCUT2D eigenvalue weighted by atomic mass is 10.1. The molecule has 104 valence electrons. The Morgan fingerprint density at radius 1 is 1.20 bits per heavy atom. The van der Waals surface area contributed by atoms with Gasteiger partial charge < -0.3 is 10.5 Å². The van der Waals surface area contributed by atoms with Crippen LogP contribution < -0.4 is 10.5 Å². The summed E-state index contributed by atoms with van der Waals surface area (Å²) in [4.78, 5) is 0.918. The summed E-state index contributed by atoms with van der Waals surface area (Å²) >= 11 is 1.64. The number of thioether (sulfide) groups is 1. The molecule has 1 heterocycles. The minimum Gasteiger partial charge on any atom is -0.493 e. The van der Waals surface area contributed by atoms with Crippen LogP contribution in [0.15, 0.2) is 41.3 Å². The van der Waals surface area contributed by atoms with Crippen LogP contribution in [0.2, 0.25) is 0 Å². The maximum atomic E-state index is 13.3. The molecular weight excluding hydrogens is 273 g/mol. The van der Waals surface area contributed by atoms with Crippen molar-refractivity contribution in [2.24, 2.45) is 0 Å². The van der Waals surface area contributed by atoms with Crippen molar-refractivity contribution in [2.45, 2.75) is 17.7 Å². The largest absolute Gasteiger partial charge is 0.493 e. The Balaban J connectivity index is 1.58. The predicted molar refractivity (Wildman–Crippen MR) is 80.9 cm³/mol. The summed E-state index contributed by atoms with van der Waals surface area (Å²) in [7, 11) is 0. The molecule has 0 spiro atoms. The fourth-order valence-electron chi connectivity index (χ4n) is 2.28. The highest BCUT2D eigenvalue weighted by Gasteiger charge is 2.11. The molecule has 2 aromatic carbocycles. The summed E-state index contributed by atoms with van der Waals surface area (Å²) in [5, 5.41) is 0. The summed E-state index contributed by atoms with van der Waals surface area (Å²) in [6.07, 6.45) is 1.96. The Hall–Kier alpha value is -1.68. The summed E-state index contributed by atoms with van der Waals surface area (Å²) in [6, 6.07) is 11.3. The molecule has 0 bridgehead atoms. The molecule has 2 aromatic rings. The quantitative estimate of drug-likeness (QED) is 0.689. The van der Waals surface area contributed by atoms with Gasteiger partial charge in [-0.05, 0) is 41.8 Å². The number of anilines is 1. The van der Waals surface area contributed by atoms with Crippen molar-refractivity contribution in [1.29, 1.82) is 0 Å². The number of hydrogen-bond donors (Lipinski definition) is 1. The van der Waals surface area contributed by atoms with Gasteiger partial charge in [0, 0.05) is 17.1 Å². The van der Waals surface area contributed by atoms with Gasteiger partial charge in [-0.2, -0.15) is 0 Å². The molecule has 2 nitrogen and oxygen atoms in total. The number of hydrogen-bond acceptors (Lipinski definition) is 3. The van der Waals surface area contributed by atoms with E-state index in [1.165, 1.54) is 17.2 Å². The second kappa shape index (κ2) is 5.75. The molecule has 0 unspecified atom stereocenters. The first-order valence-electron chi connectivity index (χ1n) is 6.65. The number of rotatable bonds is 4. The second-order valence-corrected chi connectivity index (χ2v) is 5.99. The molecule has 0 amide bonds. The molecule has 20 heavy (non-hydrogen) atoms. The minimum absolute atomic E-state index is 0.202. The first-order valence-corrected chi connectivity index (χ1v) is 7.63. The van der Waals surface area contributed by atoms with Crippen LogP contribution in [-0.2, 0) is 12.8 Å². The Bertz CT molecular complexity index is 630. The molecule has 0 fully saturated rings. The van der Waals surface area contributed by atoms with Crippen molar-refractivity contribution in [3.63, 3.8) is 0 Å². The molecule has 1 aliphatic heterocycles. The third-order valence-electron chi connectivity index (χ3n) is 3.39. The molecule has 0 saturated carbocycles. The number of fused-ring (bicyclic) bond motifs is 1. The van der Waals surface area contributed by atoms with Crippen molar-refractivity contribution < 1.29 is 9.13 Å². The molecule has 0 radical (unpaired) electrons. The monoisotopic (exact) mass is 289 g/mol. The van der Waals surface area contributed by atoms with Gasteiger partial charge in [0.1, 0.15) is 11.6 Å². The van der Waals surface area contributed by atoms with Crippen LogP contribution in [0.4, 0.5) is 10.1 Å². The molecule has 0 aromatic heterocycles. The fraction of sp³-hybridized carbons (Fsp3) is 0.250. The maximum absolute atomic E-state index is 13.3. The molecule has 3 rings (SSSR count). The zero-order chi connectivity index (χ0) is 13.9. The highest BCUT2D eigenvalue weighted by molar-refractivity contribution is 7.99. The smallest absolute Gasteiger partial charge is 0.147 e. The number of nitrogen functional groups attached to an aromatic ring is 1. The predicted octanol–water partition coefficient (Wildman–Crippen LogP) is 3.68. The highest BCUT2D eigenvalue weighted by Crippen LogP contribution is 2.27. The molecule has 4 heteroatoms. The first-order chi connectivity index (χ1) is 9.72. The lowest BCUT2D eigenvalue weighted by molar-refractivity contribution is 0.357. The van der Waals surface area contributed by atoms with E-state index in [1.807, 2.05) is 12.1 Å². The van der Waals surface area contributed by atoms with Gasteiger partial charge in [0.25, 0.3) is 0 Å². The van der Waals surface area contributed by atoms with E-state index in [4.69, 9.17) is 10.5 Å². The molecule has 1 aliphatic rings. The second-order valence-electron chi connectivity index (χ2n) is 4.82. The summed E-state index contributed by atoms with van der Waals surface area (Å²) in [5.74, 6) is 1.59. The number of ether oxygens (including phenoxy) is 1. The van der Waals surface area contributed by atoms with Gasteiger partial charge in [0.05, 0.1) is 12.3 Å². The first kappa shape index (κ1) is 13.3. The lowest BCUT2D eigenvalue weighted by Crippen LogP contribution is -1.92. The summed E-state index contributed by atoms with van der Waals surface area (Å²) in [6.45, 7) is 0.790. The molecule has 2 N–H and O–H groups in total. The molecule has 0 saturated heterocycles. The van der Waals surface area contributed by atoms with Gasteiger partial charge in [-0.3, -0.25) is 0 Å². The van der Waals surface area contributed by atoms with Crippen LogP contribution >= 0.6 is 11.8 Å². The zero-order valence-electron chi connectivity index (χ0n) is 11.1. The average Bonchev–Trinajstić information content (AvgIpc) is 2.90. The van der Waals surface area contributed by atoms with E-state index < -0.39 is 0 Å². The van der Waals surface area contributed by atoms with Gasteiger partial charge in [-0.15, -0.1) is 11.8 Å². The summed E-state index contributed by atoms with van der Waals surface area (Å²) < 4.78 is 18.8. The van der Waals surface area contributed by atoms with Crippen LogP contribution in [0.1, 0.15) is 11.1 Å². The molecule has 0 atom stereocenters. The number of aryl methyl sites for hydroxylation is 1. The SMILES string of the molecule is Nc1ccc(SCCc2ccc3c(c2)CCO3)cc1F. The minimum atomic E-state index is -0.343. The third-order valence-corrected chi connectivity index (χ3v) is 4.38. The Labute approximate surface area is 122 Å². The summed E-state index contributed by atoms with van der Waals surface area (Å²) in [5.41, 5.74) is 8.27. The fourth-order valence-corrected chi connectivity index (χ4v) is 3.20. The van der Waals surface area contributed by atoms with Crippen LogP contribution in [0.5, 0.6) is 5.75 Å². The molecular formula is C16H16FNOS. The van der Waals surface area contributed by atoms with Crippen molar-refractivity contribution in [1.82, 2.24) is 0 Å². The zero-order valence-corrected chi connectivity index (χ0v) is 11.9. The van der Waals surface area contributed by atoms with Crippen molar-refractivity contribution in [3.05, 3.63) is 53.3 Å². The van der Waals surface area contributed by atoms with E-state index >= 15 is 0 Å². The molecule has 0 aliphatic carbocycles. The van der Waals surface area contributed by atoms with Gasteiger partial charge in [-0.25, -0.2) is 4.39 Å².